The number of amides is 3. The van der Waals surface area contributed by atoms with Gasteiger partial charge in [0.1, 0.15) is 5.75 Å². The normalized spacial score (nSPS) is 23.2. The molecule has 1 unspecified atom stereocenters. The predicted molar refractivity (Wildman–Crippen MR) is 86.7 cm³/mol. The van der Waals surface area contributed by atoms with Crippen molar-refractivity contribution in [1.82, 2.24) is 15.1 Å². The summed E-state index contributed by atoms with van der Waals surface area (Å²) in [4.78, 5) is 28.6. The first-order valence-corrected chi connectivity index (χ1v) is 8.03. The number of carbonyl (C=O) groups excluding carboxylic acids is 2. The quantitative estimate of drug-likeness (QED) is 0.851. The average molecular weight is 338 g/mol. The zero-order valence-electron chi connectivity index (χ0n) is 13.3. The SMILES string of the molecule is CN(C)CCCN1C(=O)NC2(CCOc3ccc(Cl)cc32)C1=O. The third-order valence-corrected chi connectivity index (χ3v) is 4.53. The van der Waals surface area contributed by atoms with Gasteiger partial charge in [-0.15, -0.1) is 0 Å². The van der Waals surface area contributed by atoms with Crippen LogP contribution in [0, 0.1) is 0 Å². The fraction of sp³-hybridized carbons (Fsp3) is 0.500. The minimum Gasteiger partial charge on any atom is -0.493 e. The Bertz CT molecular complexity index is 649. The highest BCUT2D eigenvalue weighted by atomic mass is 35.5. The van der Waals surface area contributed by atoms with Crippen molar-refractivity contribution < 1.29 is 14.3 Å². The largest absolute Gasteiger partial charge is 0.493 e. The molecule has 0 radical (unpaired) electrons. The highest BCUT2D eigenvalue weighted by Gasteiger charge is 2.54. The molecule has 23 heavy (non-hydrogen) atoms. The molecule has 0 aliphatic carbocycles. The molecular formula is C16H20ClN3O3. The number of nitrogens with one attached hydrogen (secondary N) is 1. The van der Waals surface area contributed by atoms with E-state index >= 15 is 0 Å². The molecule has 1 aromatic carbocycles. The average Bonchev–Trinajstić information content (AvgIpc) is 2.73. The van der Waals surface area contributed by atoms with E-state index < -0.39 is 5.54 Å². The topological polar surface area (TPSA) is 61.9 Å². The molecule has 1 atom stereocenters. The van der Waals surface area contributed by atoms with Gasteiger partial charge in [0.15, 0.2) is 5.54 Å². The van der Waals surface area contributed by atoms with Crippen molar-refractivity contribution in [3.8, 4) is 5.75 Å². The van der Waals surface area contributed by atoms with Gasteiger partial charge in [-0.25, -0.2) is 4.79 Å². The lowest BCUT2D eigenvalue weighted by Gasteiger charge is -2.33. The number of benzene rings is 1. The number of imide groups is 1. The van der Waals surface area contributed by atoms with Crippen molar-refractivity contribution in [3.63, 3.8) is 0 Å². The van der Waals surface area contributed by atoms with Crippen LogP contribution in [0.1, 0.15) is 18.4 Å². The van der Waals surface area contributed by atoms with Crippen molar-refractivity contribution in [3.05, 3.63) is 28.8 Å². The molecule has 2 heterocycles. The zero-order chi connectivity index (χ0) is 16.6. The summed E-state index contributed by atoms with van der Waals surface area (Å²) in [6, 6.07) is 4.82. The van der Waals surface area contributed by atoms with E-state index in [0.717, 1.165) is 13.0 Å². The lowest BCUT2D eigenvalue weighted by Crippen LogP contribution is -2.47. The van der Waals surface area contributed by atoms with E-state index in [4.69, 9.17) is 16.3 Å². The molecule has 0 saturated carbocycles. The molecular weight excluding hydrogens is 318 g/mol. The van der Waals surface area contributed by atoms with Crippen LogP contribution in [0.2, 0.25) is 5.02 Å². The molecule has 6 nitrogen and oxygen atoms in total. The van der Waals surface area contributed by atoms with Gasteiger partial charge in [-0.3, -0.25) is 9.69 Å². The predicted octanol–water partition coefficient (Wildman–Crippen LogP) is 1.82. The molecule has 2 aliphatic heterocycles. The molecule has 1 aromatic rings. The first-order chi connectivity index (χ1) is 10.9. The fourth-order valence-corrected chi connectivity index (χ4v) is 3.31. The van der Waals surface area contributed by atoms with E-state index in [1.807, 2.05) is 19.0 Å². The summed E-state index contributed by atoms with van der Waals surface area (Å²) in [6.07, 6.45) is 1.15. The number of carbonyl (C=O) groups is 2. The van der Waals surface area contributed by atoms with Gasteiger partial charge in [0.05, 0.1) is 6.61 Å². The smallest absolute Gasteiger partial charge is 0.325 e. The Hall–Kier alpha value is -1.79. The third-order valence-electron chi connectivity index (χ3n) is 4.30. The molecule has 0 bridgehead atoms. The van der Waals surface area contributed by atoms with Crippen LogP contribution < -0.4 is 10.1 Å². The van der Waals surface area contributed by atoms with Gasteiger partial charge in [-0.2, -0.15) is 0 Å². The molecule has 124 valence electrons. The van der Waals surface area contributed by atoms with E-state index in [9.17, 15) is 9.59 Å². The van der Waals surface area contributed by atoms with Gasteiger partial charge >= 0.3 is 6.03 Å². The van der Waals surface area contributed by atoms with E-state index in [0.29, 0.717) is 35.9 Å². The van der Waals surface area contributed by atoms with Gasteiger partial charge in [-0.05, 0) is 45.3 Å². The Labute approximate surface area is 140 Å². The van der Waals surface area contributed by atoms with Gasteiger partial charge < -0.3 is 15.0 Å². The highest BCUT2D eigenvalue weighted by Crippen LogP contribution is 2.42. The Morgan fingerprint density at radius 1 is 1.39 bits per heavy atom. The first kappa shape index (κ1) is 16.1. The molecule has 0 aromatic heterocycles. The van der Waals surface area contributed by atoms with Gasteiger partial charge in [-0.1, -0.05) is 11.6 Å². The number of urea groups is 1. The maximum Gasteiger partial charge on any atom is 0.325 e. The van der Waals surface area contributed by atoms with Crippen LogP contribution in [0.25, 0.3) is 0 Å². The molecule has 3 amide bonds. The number of nitrogens with zero attached hydrogens (tertiary/aromatic N) is 2. The summed E-state index contributed by atoms with van der Waals surface area (Å²) < 4.78 is 5.61. The van der Waals surface area contributed by atoms with Crippen molar-refractivity contribution in [1.29, 1.82) is 0 Å². The van der Waals surface area contributed by atoms with Crippen LogP contribution in [0.3, 0.4) is 0 Å². The van der Waals surface area contributed by atoms with E-state index in [2.05, 4.69) is 5.32 Å². The van der Waals surface area contributed by atoms with Crippen LogP contribution >= 0.6 is 11.6 Å². The number of halogens is 1. The number of hydrogen-bond acceptors (Lipinski definition) is 4. The molecule has 1 fully saturated rings. The van der Waals surface area contributed by atoms with E-state index in [1.165, 1.54) is 4.90 Å². The minimum atomic E-state index is -1.05. The van der Waals surface area contributed by atoms with E-state index in [1.54, 1.807) is 18.2 Å². The first-order valence-electron chi connectivity index (χ1n) is 7.66. The second kappa shape index (κ2) is 6.02. The molecule has 3 rings (SSSR count). The lowest BCUT2D eigenvalue weighted by molar-refractivity contribution is -0.132. The number of rotatable bonds is 4. The Morgan fingerprint density at radius 2 is 2.17 bits per heavy atom. The molecule has 7 heteroatoms. The number of fused-ring (bicyclic) bond motifs is 2. The Balaban J connectivity index is 1.88. The van der Waals surface area contributed by atoms with Crippen molar-refractivity contribution >= 4 is 23.5 Å². The summed E-state index contributed by atoms with van der Waals surface area (Å²) in [7, 11) is 3.92. The summed E-state index contributed by atoms with van der Waals surface area (Å²) in [5.74, 6) is 0.387. The van der Waals surface area contributed by atoms with Crippen LogP contribution in [0.15, 0.2) is 18.2 Å². The highest BCUT2D eigenvalue weighted by molar-refractivity contribution is 6.30. The minimum absolute atomic E-state index is 0.215. The van der Waals surface area contributed by atoms with Gasteiger partial charge in [0.25, 0.3) is 5.91 Å². The summed E-state index contributed by atoms with van der Waals surface area (Å²) in [5.41, 5.74) is -0.405. The second-order valence-electron chi connectivity index (χ2n) is 6.19. The molecule has 1 spiro atoms. The fourth-order valence-electron chi connectivity index (χ4n) is 3.14. The van der Waals surface area contributed by atoms with Crippen LogP contribution in [-0.2, 0) is 10.3 Å². The van der Waals surface area contributed by atoms with Crippen molar-refractivity contribution in [2.45, 2.75) is 18.4 Å². The Kier molecular flexibility index (Phi) is 4.21. The molecule has 1 N–H and O–H groups in total. The van der Waals surface area contributed by atoms with Gasteiger partial charge in [0, 0.05) is 23.6 Å². The lowest BCUT2D eigenvalue weighted by atomic mass is 9.84. The van der Waals surface area contributed by atoms with Crippen LogP contribution in [0.4, 0.5) is 4.79 Å². The summed E-state index contributed by atoms with van der Waals surface area (Å²) >= 11 is 6.08. The zero-order valence-corrected chi connectivity index (χ0v) is 14.0. The van der Waals surface area contributed by atoms with Crippen LogP contribution in [0.5, 0.6) is 5.75 Å². The molecule has 2 aliphatic rings. The van der Waals surface area contributed by atoms with E-state index in [-0.39, 0.29) is 11.9 Å². The maximum atomic E-state index is 13.0. The summed E-state index contributed by atoms with van der Waals surface area (Å²) in [6.45, 7) is 1.60. The van der Waals surface area contributed by atoms with Crippen LogP contribution in [-0.4, -0.2) is 55.5 Å². The number of ether oxygens (including phenoxy) is 1. The second-order valence-corrected chi connectivity index (χ2v) is 6.62. The standard InChI is InChI=1S/C16H20ClN3O3/c1-19(2)7-3-8-20-14(21)16(18-15(20)22)6-9-23-13-5-4-11(17)10-12(13)16/h4-5,10H,3,6-9H2,1-2H3,(H,18,22). The van der Waals surface area contributed by atoms with Gasteiger partial charge in [0.2, 0.25) is 0 Å². The molecule has 1 saturated heterocycles. The Morgan fingerprint density at radius 3 is 2.91 bits per heavy atom. The maximum absolute atomic E-state index is 13.0. The third kappa shape index (κ3) is 2.77. The monoisotopic (exact) mass is 337 g/mol. The van der Waals surface area contributed by atoms with Crippen molar-refractivity contribution in [2.75, 3.05) is 33.8 Å². The number of hydrogen-bond donors (Lipinski definition) is 1. The van der Waals surface area contributed by atoms with Crippen molar-refractivity contribution in [2.24, 2.45) is 0 Å². The summed E-state index contributed by atoms with van der Waals surface area (Å²) in [5, 5.41) is 3.39.